The Hall–Kier alpha value is -6.91. The number of hydrogen-bond acceptors (Lipinski definition) is 4. The maximum Gasteiger partial charge on any atom is 0.160 e. The topological polar surface area (TPSA) is 51.8 Å². The molecule has 0 bridgehead atoms. The van der Waals surface area contributed by atoms with Crippen LogP contribution in [0.25, 0.3) is 99.9 Å². The van der Waals surface area contributed by atoms with Crippen LogP contribution in [0.5, 0.6) is 0 Å². The van der Waals surface area contributed by atoms with E-state index in [1.54, 1.807) is 0 Å². The Morgan fingerprint density at radius 3 is 1.76 bits per heavy atom. The van der Waals surface area contributed by atoms with Gasteiger partial charge in [0.15, 0.2) is 5.82 Å². The molecule has 4 heteroatoms. The molecule has 10 aromatic rings. The van der Waals surface area contributed by atoms with Crippen molar-refractivity contribution in [3.05, 3.63) is 176 Å². The summed E-state index contributed by atoms with van der Waals surface area (Å²) in [5.41, 5.74) is 11.7. The van der Waals surface area contributed by atoms with Crippen molar-refractivity contribution in [3.63, 3.8) is 0 Å². The summed E-state index contributed by atoms with van der Waals surface area (Å²) in [5.74, 6) is 0.655. The molecule has 3 aromatic heterocycles. The Morgan fingerprint density at radius 1 is 0.333 bits per heavy atom. The predicted molar refractivity (Wildman–Crippen MR) is 209 cm³/mol. The number of benzene rings is 7. The number of aromatic nitrogens is 3. The lowest BCUT2D eigenvalue weighted by atomic mass is 9.95. The van der Waals surface area contributed by atoms with E-state index in [9.17, 15) is 0 Å². The second-order valence-electron chi connectivity index (χ2n) is 12.8. The molecule has 0 saturated heterocycles. The van der Waals surface area contributed by atoms with Crippen molar-refractivity contribution in [1.82, 2.24) is 15.0 Å². The third-order valence-corrected chi connectivity index (χ3v) is 9.66. The molecule has 0 saturated carbocycles. The van der Waals surface area contributed by atoms with Crippen LogP contribution in [0.1, 0.15) is 0 Å². The van der Waals surface area contributed by atoms with Crippen molar-refractivity contribution in [3.8, 4) is 56.3 Å². The summed E-state index contributed by atoms with van der Waals surface area (Å²) in [4.78, 5) is 15.7. The Morgan fingerprint density at radius 2 is 0.980 bits per heavy atom. The molecule has 0 amide bonds. The van der Waals surface area contributed by atoms with E-state index in [0.717, 1.165) is 88.5 Å². The SMILES string of the molecule is c1ccc(-c2cccc(-c3cc(-c4ccccc4)nc(-c4ccc5nc(-c6ccccc6)c6ccc7oc8ccccc8c7c6c5c4)n3)c2)cc1. The van der Waals surface area contributed by atoms with Crippen LogP contribution in [0.3, 0.4) is 0 Å². The molecule has 0 N–H and O–H groups in total. The van der Waals surface area contributed by atoms with Gasteiger partial charge in [-0.15, -0.1) is 0 Å². The summed E-state index contributed by atoms with van der Waals surface area (Å²) in [6.07, 6.45) is 0. The molecule has 0 spiro atoms. The van der Waals surface area contributed by atoms with E-state index in [2.05, 4.69) is 133 Å². The lowest BCUT2D eigenvalue weighted by molar-refractivity contribution is 0.669. The third-order valence-electron chi connectivity index (χ3n) is 9.66. The van der Waals surface area contributed by atoms with Crippen molar-refractivity contribution in [1.29, 1.82) is 0 Å². The Bertz CT molecular complexity index is 2900. The maximum absolute atomic E-state index is 6.40. The third kappa shape index (κ3) is 5.04. The average molecular weight is 652 g/mol. The summed E-state index contributed by atoms with van der Waals surface area (Å²) in [7, 11) is 0. The summed E-state index contributed by atoms with van der Waals surface area (Å²) in [6.45, 7) is 0. The van der Waals surface area contributed by atoms with Gasteiger partial charge < -0.3 is 4.42 Å². The number of pyridine rings is 1. The first-order chi connectivity index (χ1) is 25.3. The van der Waals surface area contributed by atoms with E-state index in [1.165, 1.54) is 5.56 Å². The summed E-state index contributed by atoms with van der Waals surface area (Å²) in [5, 5.41) is 5.38. The lowest BCUT2D eigenvalue weighted by Gasteiger charge is -2.13. The van der Waals surface area contributed by atoms with Crippen molar-refractivity contribution in [2.24, 2.45) is 0 Å². The summed E-state index contributed by atoms with van der Waals surface area (Å²) >= 11 is 0. The predicted octanol–water partition coefficient (Wildman–Crippen LogP) is 12.4. The zero-order valence-electron chi connectivity index (χ0n) is 27.5. The first kappa shape index (κ1) is 29.0. The van der Waals surface area contributed by atoms with E-state index in [4.69, 9.17) is 19.4 Å². The molecular formula is C47H29N3O. The zero-order chi connectivity index (χ0) is 33.7. The minimum Gasteiger partial charge on any atom is -0.456 e. The molecule has 0 radical (unpaired) electrons. The van der Waals surface area contributed by atoms with Crippen LogP contribution >= 0.6 is 0 Å². The molecule has 0 unspecified atom stereocenters. The quantitative estimate of drug-likeness (QED) is 0.174. The molecule has 0 atom stereocenters. The number of furan rings is 1. The highest BCUT2D eigenvalue weighted by atomic mass is 16.3. The smallest absolute Gasteiger partial charge is 0.160 e. The van der Waals surface area contributed by atoms with Crippen molar-refractivity contribution >= 4 is 43.6 Å². The van der Waals surface area contributed by atoms with E-state index in [-0.39, 0.29) is 0 Å². The van der Waals surface area contributed by atoms with Crippen LogP contribution in [-0.2, 0) is 0 Å². The second-order valence-corrected chi connectivity index (χ2v) is 12.8. The molecule has 0 aliphatic carbocycles. The zero-order valence-corrected chi connectivity index (χ0v) is 27.5. The van der Waals surface area contributed by atoms with Gasteiger partial charge in [0.05, 0.1) is 22.6 Å². The molecule has 0 fully saturated rings. The fourth-order valence-electron chi connectivity index (χ4n) is 7.23. The van der Waals surface area contributed by atoms with Crippen molar-refractivity contribution in [2.45, 2.75) is 0 Å². The second kappa shape index (κ2) is 11.9. The molecule has 0 aliphatic heterocycles. The van der Waals surface area contributed by atoms with Crippen LogP contribution in [0.15, 0.2) is 180 Å². The Labute approximate surface area is 294 Å². The first-order valence-electron chi connectivity index (χ1n) is 17.1. The Balaban J connectivity index is 1.24. The molecule has 51 heavy (non-hydrogen) atoms. The summed E-state index contributed by atoms with van der Waals surface area (Å²) in [6, 6.07) is 60.7. The van der Waals surface area contributed by atoms with Gasteiger partial charge >= 0.3 is 0 Å². The van der Waals surface area contributed by atoms with Gasteiger partial charge in [-0.1, -0.05) is 127 Å². The number of fused-ring (bicyclic) bond motifs is 7. The van der Waals surface area contributed by atoms with Gasteiger partial charge in [0.2, 0.25) is 0 Å². The van der Waals surface area contributed by atoms with E-state index >= 15 is 0 Å². The molecule has 0 aliphatic rings. The minimum atomic E-state index is 0.655. The largest absolute Gasteiger partial charge is 0.456 e. The van der Waals surface area contributed by atoms with Gasteiger partial charge in [-0.25, -0.2) is 15.0 Å². The van der Waals surface area contributed by atoms with Crippen LogP contribution in [0.4, 0.5) is 0 Å². The fourth-order valence-corrected chi connectivity index (χ4v) is 7.23. The standard InChI is InChI=1S/C47H29N3O/c1-4-13-30(14-5-1)33-19-12-20-34(27-33)41-29-40(31-15-6-2-7-16-31)49-47(50-41)35-23-25-39-38(28-35)44-37(46(48-39)32-17-8-3-9-18-32)24-26-43-45(44)36-21-10-11-22-42(36)51-43/h1-29H. The molecular weight excluding hydrogens is 623 g/mol. The van der Waals surface area contributed by atoms with E-state index < -0.39 is 0 Å². The van der Waals surface area contributed by atoms with Crippen LogP contribution < -0.4 is 0 Å². The van der Waals surface area contributed by atoms with E-state index in [0.29, 0.717) is 5.82 Å². The molecule has 10 rings (SSSR count). The van der Waals surface area contributed by atoms with Crippen molar-refractivity contribution in [2.75, 3.05) is 0 Å². The number of hydrogen-bond donors (Lipinski definition) is 0. The van der Waals surface area contributed by atoms with Crippen LogP contribution in [0, 0.1) is 0 Å². The van der Waals surface area contributed by atoms with Crippen molar-refractivity contribution < 1.29 is 4.42 Å². The van der Waals surface area contributed by atoms with Crippen LogP contribution in [0.2, 0.25) is 0 Å². The summed E-state index contributed by atoms with van der Waals surface area (Å²) < 4.78 is 6.40. The number of nitrogens with zero attached hydrogens (tertiary/aromatic N) is 3. The maximum atomic E-state index is 6.40. The number of rotatable bonds is 5. The normalized spacial score (nSPS) is 11.5. The molecule has 7 aromatic carbocycles. The molecule has 4 nitrogen and oxygen atoms in total. The van der Waals surface area contributed by atoms with Gasteiger partial charge in [0.25, 0.3) is 0 Å². The van der Waals surface area contributed by atoms with E-state index in [1.807, 2.05) is 42.5 Å². The van der Waals surface area contributed by atoms with Gasteiger partial charge in [-0.05, 0) is 59.7 Å². The first-order valence-corrected chi connectivity index (χ1v) is 17.1. The lowest BCUT2D eigenvalue weighted by Crippen LogP contribution is -1.97. The Kier molecular flexibility index (Phi) is 6.78. The molecule has 3 heterocycles. The fraction of sp³-hybridized carbons (Fsp3) is 0. The highest BCUT2D eigenvalue weighted by Gasteiger charge is 2.19. The number of para-hydroxylation sites is 1. The van der Waals surface area contributed by atoms with Gasteiger partial charge in [0.1, 0.15) is 11.2 Å². The van der Waals surface area contributed by atoms with Crippen LogP contribution in [-0.4, -0.2) is 15.0 Å². The molecule has 238 valence electrons. The highest BCUT2D eigenvalue weighted by Crippen LogP contribution is 2.42. The van der Waals surface area contributed by atoms with Gasteiger partial charge in [0, 0.05) is 49.2 Å². The average Bonchev–Trinajstić information content (AvgIpc) is 3.60. The highest BCUT2D eigenvalue weighted by molar-refractivity contribution is 6.28. The minimum absolute atomic E-state index is 0.655. The monoisotopic (exact) mass is 651 g/mol. The van der Waals surface area contributed by atoms with Gasteiger partial charge in [-0.2, -0.15) is 0 Å². The van der Waals surface area contributed by atoms with Gasteiger partial charge in [-0.3, -0.25) is 0 Å².